The van der Waals surface area contributed by atoms with Crippen LogP contribution in [-0.2, 0) is 6.42 Å². The molecule has 0 aromatic heterocycles. The third-order valence-corrected chi connectivity index (χ3v) is 2.40. The normalized spacial score (nSPS) is 13.5. The first-order valence-electron chi connectivity index (χ1n) is 5.10. The molecule has 0 bridgehead atoms. The first-order chi connectivity index (χ1) is 6.90. The van der Waals surface area contributed by atoms with Gasteiger partial charge in [0.1, 0.15) is 5.75 Å². The Morgan fingerprint density at radius 2 is 2.36 bits per heavy atom. The molecule has 2 rings (SSSR count). The fourth-order valence-electron chi connectivity index (χ4n) is 1.64. The van der Waals surface area contributed by atoms with Crippen molar-refractivity contribution in [2.45, 2.75) is 12.8 Å². The summed E-state index contributed by atoms with van der Waals surface area (Å²) in [5, 5.41) is 3.32. The fraction of sp³-hybridized carbons (Fsp3) is 0.455. The van der Waals surface area contributed by atoms with Gasteiger partial charge in [-0.05, 0) is 43.1 Å². The predicted octanol–water partition coefficient (Wildman–Crippen LogP) is 1.38. The molecule has 1 aromatic carbocycles. The Bertz CT molecular complexity index is 312. The van der Waals surface area contributed by atoms with Crippen LogP contribution in [-0.4, -0.2) is 19.7 Å². The number of benzene rings is 1. The highest BCUT2D eigenvalue weighted by atomic mass is 16.5. The SMILES string of the molecule is NCCCOc1ccc2c(c1)CCN2. The minimum absolute atomic E-state index is 0.687. The topological polar surface area (TPSA) is 47.3 Å². The number of ether oxygens (including phenoxy) is 1. The number of hydrogen-bond acceptors (Lipinski definition) is 3. The molecule has 3 heteroatoms. The molecule has 0 fully saturated rings. The maximum absolute atomic E-state index is 5.56. The van der Waals surface area contributed by atoms with Gasteiger partial charge in [-0.1, -0.05) is 0 Å². The molecule has 14 heavy (non-hydrogen) atoms. The first kappa shape index (κ1) is 9.34. The molecule has 0 radical (unpaired) electrons. The van der Waals surface area contributed by atoms with Crippen LogP contribution in [0.2, 0.25) is 0 Å². The van der Waals surface area contributed by atoms with Crippen LogP contribution < -0.4 is 15.8 Å². The third kappa shape index (κ3) is 1.99. The molecule has 0 spiro atoms. The van der Waals surface area contributed by atoms with Gasteiger partial charge in [-0.3, -0.25) is 0 Å². The van der Waals surface area contributed by atoms with E-state index in [1.807, 2.05) is 6.07 Å². The number of nitrogens with two attached hydrogens (primary N) is 1. The van der Waals surface area contributed by atoms with Crippen LogP contribution in [0.3, 0.4) is 0 Å². The standard InChI is InChI=1S/C11H16N2O/c12-5-1-7-14-10-2-3-11-9(8-10)4-6-13-11/h2-3,8,13H,1,4-7,12H2. The van der Waals surface area contributed by atoms with Gasteiger partial charge < -0.3 is 15.8 Å². The smallest absolute Gasteiger partial charge is 0.119 e. The van der Waals surface area contributed by atoms with Gasteiger partial charge in [0.15, 0.2) is 0 Å². The largest absolute Gasteiger partial charge is 0.494 e. The molecule has 0 amide bonds. The third-order valence-electron chi connectivity index (χ3n) is 2.40. The zero-order chi connectivity index (χ0) is 9.80. The van der Waals surface area contributed by atoms with Crippen LogP contribution in [0.5, 0.6) is 5.75 Å². The van der Waals surface area contributed by atoms with Crippen LogP contribution in [0.25, 0.3) is 0 Å². The number of nitrogens with one attached hydrogen (secondary N) is 1. The van der Waals surface area contributed by atoms with Gasteiger partial charge in [-0.2, -0.15) is 0 Å². The summed E-state index contributed by atoms with van der Waals surface area (Å²) in [5.41, 5.74) is 8.00. The predicted molar refractivity (Wildman–Crippen MR) is 57.8 cm³/mol. The lowest BCUT2D eigenvalue weighted by molar-refractivity contribution is 0.313. The van der Waals surface area contributed by atoms with Crippen molar-refractivity contribution in [3.8, 4) is 5.75 Å². The minimum Gasteiger partial charge on any atom is -0.494 e. The molecule has 0 saturated heterocycles. The number of rotatable bonds is 4. The second kappa shape index (κ2) is 4.33. The number of anilines is 1. The summed E-state index contributed by atoms with van der Waals surface area (Å²) in [5.74, 6) is 0.959. The monoisotopic (exact) mass is 192 g/mol. The van der Waals surface area contributed by atoms with Crippen LogP contribution in [0.1, 0.15) is 12.0 Å². The van der Waals surface area contributed by atoms with E-state index in [2.05, 4.69) is 17.4 Å². The molecule has 0 saturated carbocycles. The molecular formula is C11H16N2O. The lowest BCUT2D eigenvalue weighted by Gasteiger charge is -2.06. The van der Waals surface area contributed by atoms with Crippen molar-refractivity contribution in [2.75, 3.05) is 25.0 Å². The highest BCUT2D eigenvalue weighted by molar-refractivity contribution is 5.57. The van der Waals surface area contributed by atoms with E-state index in [-0.39, 0.29) is 0 Å². The zero-order valence-electron chi connectivity index (χ0n) is 8.25. The van der Waals surface area contributed by atoms with Crippen LogP contribution in [0.15, 0.2) is 18.2 Å². The molecule has 1 aliphatic heterocycles. The van der Waals surface area contributed by atoms with Gasteiger partial charge in [0.25, 0.3) is 0 Å². The van der Waals surface area contributed by atoms with E-state index < -0.39 is 0 Å². The summed E-state index contributed by atoms with van der Waals surface area (Å²) in [7, 11) is 0. The molecule has 3 N–H and O–H groups in total. The molecule has 1 aromatic rings. The van der Waals surface area contributed by atoms with Crippen LogP contribution >= 0.6 is 0 Å². The fourth-order valence-corrected chi connectivity index (χ4v) is 1.64. The maximum Gasteiger partial charge on any atom is 0.119 e. The summed E-state index contributed by atoms with van der Waals surface area (Å²) in [6.07, 6.45) is 2.01. The van der Waals surface area contributed by atoms with Crippen molar-refractivity contribution in [3.05, 3.63) is 23.8 Å². The lowest BCUT2D eigenvalue weighted by Crippen LogP contribution is -2.06. The van der Waals surface area contributed by atoms with E-state index in [1.54, 1.807) is 0 Å². The number of fused-ring (bicyclic) bond motifs is 1. The van der Waals surface area contributed by atoms with Crippen molar-refractivity contribution in [1.29, 1.82) is 0 Å². The first-order valence-corrected chi connectivity index (χ1v) is 5.10. The summed E-state index contributed by atoms with van der Waals surface area (Å²) < 4.78 is 5.56. The van der Waals surface area contributed by atoms with Crippen LogP contribution in [0, 0.1) is 0 Å². The number of hydrogen-bond donors (Lipinski definition) is 2. The van der Waals surface area contributed by atoms with Crippen LogP contribution in [0.4, 0.5) is 5.69 Å². The molecular weight excluding hydrogens is 176 g/mol. The Hall–Kier alpha value is -1.22. The van der Waals surface area contributed by atoms with Crippen molar-refractivity contribution in [1.82, 2.24) is 0 Å². The Labute approximate surface area is 84.3 Å². The molecule has 1 heterocycles. The zero-order valence-corrected chi connectivity index (χ0v) is 8.25. The molecule has 3 nitrogen and oxygen atoms in total. The molecule has 76 valence electrons. The Morgan fingerprint density at radius 3 is 3.21 bits per heavy atom. The lowest BCUT2D eigenvalue weighted by atomic mass is 10.1. The average molecular weight is 192 g/mol. The molecule has 1 aliphatic rings. The summed E-state index contributed by atoms with van der Waals surface area (Å²) in [4.78, 5) is 0. The van der Waals surface area contributed by atoms with Gasteiger partial charge in [0.05, 0.1) is 6.61 Å². The van der Waals surface area contributed by atoms with Gasteiger partial charge in [-0.15, -0.1) is 0 Å². The Balaban J connectivity index is 1.98. The highest BCUT2D eigenvalue weighted by Gasteiger charge is 2.09. The van der Waals surface area contributed by atoms with E-state index in [4.69, 9.17) is 10.5 Å². The molecule has 0 atom stereocenters. The summed E-state index contributed by atoms with van der Waals surface area (Å²) in [6, 6.07) is 6.21. The van der Waals surface area contributed by atoms with E-state index in [0.29, 0.717) is 13.2 Å². The second-order valence-corrected chi connectivity index (χ2v) is 3.49. The quantitative estimate of drug-likeness (QED) is 0.708. The highest BCUT2D eigenvalue weighted by Crippen LogP contribution is 2.26. The van der Waals surface area contributed by atoms with Gasteiger partial charge >= 0.3 is 0 Å². The Morgan fingerprint density at radius 1 is 1.43 bits per heavy atom. The van der Waals surface area contributed by atoms with Gasteiger partial charge in [-0.25, -0.2) is 0 Å². The van der Waals surface area contributed by atoms with Crippen molar-refractivity contribution in [2.24, 2.45) is 5.73 Å². The van der Waals surface area contributed by atoms with Gasteiger partial charge in [0.2, 0.25) is 0 Å². The molecule has 0 unspecified atom stereocenters. The van der Waals surface area contributed by atoms with E-state index in [9.17, 15) is 0 Å². The summed E-state index contributed by atoms with van der Waals surface area (Å²) >= 11 is 0. The van der Waals surface area contributed by atoms with E-state index in [1.165, 1.54) is 11.3 Å². The maximum atomic E-state index is 5.56. The van der Waals surface area contributed by atoms with Gasteiger partial charge in [0, 0.05) is 12.2 Å². The van der Waals surface area contributed by atoms with Crippen molar-refractivity contribution in [3.63, 3.8) is 0 Å². The Kier molecular flexibility index (Phi) is 2.89. The molecule has 0 aliphatic carbocycles. The van der Waals surface area contributed by atoms with Crippen molar-refractivity contribution < 1.29 is 4.74 Å². The minimum atomic E-state index is 0.687. The van der Waals surface area contributed by atoms with E-state index >= 15 is 0 Å². The van der Waals surface area contributed by atoms with E-state index in [0.717, 1.165) is 25.1 Å². The second-order valence-electron chi connectivity index (χ2n) is 3.49. The average Bonchev–Trinajstić information content (AvgIpc) is 2.65. The van der Waals surface area contributed by atoms with Crippen molar-refractivity contribution >= 4 is 5.69 Å². The summed E-state index contributed by atoms with van der Waals surface area (Å²) in [6.45, 7) is 2.44.